The third-order valence-corrected chi connectivity index (χ3v) is 5.09. The lowest BCUT2D eigenvalue weighted by molar-refractivity contribution is -0.150. The SMILES string of the molecule is COC(=O)CNC(=O)C(c1c(C)cccc1C)N(C(=O)C(CO)NC(=O)OC(C)(C)C)C(C)(C)C. The average molecular weight is 494 g/mol. The zero-order valence-corrected chi connectivity index (χ0v) is 22.1. The first-order valence-electron chi connectivity index (χ1n) is 11.4. The van der Waals surface area contributed by atoms with Crippen molar-refractivity contribution in [1.29, 1.82) is 0 Å². The Morgan fingerprint density at radius 1 is 1.03 bits per heavy atom. The largest absolute Gasteiger partial charge is 0.468 e. The lowest BCUT2D eigenvalue weighted by Gasteiger charge is -2.43. The van der Waals surface area contributed by atoms with Crippen molar-refractivity contribution in [2.75, 3.05) is 20.3 Å². The van der Waals surface area contributed by atoms with E-state index in [9.17, 15) is 24.3 Å². The van der Waals surface area contributed by atoms with E-state index in [0.29, 0.717) is 5.56 Å². The summed E-state index contributed by atoms with van der Waals surface area (Å²) in [7, 11) is 1.20. The fourth-order valence-corrected chi connectivity index (χ4v) is 3.61. The molecule has 0 aliphatic rings. The van der Waals surface area contributed by atoms with E-state index in [0.717, 1.165) is 11.1 Å². The predicted octanol–water partition coefficient (Wildman–Crippen LogP) is 2.15. The predicted molar refractivity (Wildman–Crippen MR) is 131 cm³/mol. The summed E-state index contributed by atoms with van der Waals surface area (Å²) in [4.78, 5) is 52.6. The number of aliphatic hydroxyl groups is 1. The van der Waals surface area contributed by atoms with Crippen LogP contribution >= 0.6 is 0 Å². The van der Waals surface area contributed by atoms with Crippen LogP contribution in [0.15, 0.2) is 18.2 Å². The molecule has 0 spiro atoms. The van der Waals surface area contributed by atoms with E-state index < -0.39 is 53.7 Å². The van der Waals surface area contributed by atoms with Gasteiger partial charge in [-0.1, -0.05) is 18.2 Å². The highest BCUT2D eigenvalue weighted by atomic mass is 16.6. The van der Waals surface area contributed by atoms with Gasteiger partial charge in [-0.15, -0.1) is 0 Å². The number of hydrogen-bond donors (Lipinski definition) is 3. The number of methoxy groups -OCH3 is 1. The first-order valence-corrected chi connectivity index (χ1v) is 11.4. The Bertz CT molecular complexity index is 912. The number of benzene rings is 1. The summed E-state index contributed by atoms with van der Waals surface area (Å²) < 4.78 is 9.85. The average Bonchev–Trinajstić information content (AvgIpc) is 2.72. The molecule has 3 N–H and O–H groups in total. The summed E-state index contributed by atoms with van der Waals surface area (Å²) in [5.41, 5.74) is 0.344. The van der Waals surface area contributed by atoms with E-state index in [4.69, 9.17) is 4.74 Å². The molecule has 0 bridgehead atoms. The van der Waals surface area contributed by atoms with Crippen LogP contribution < -0.4 is 10.6 Å². The number of hydrogen-bond acceptors (Lipinski definition) is 7. The third kappa shape index (κ3) is 8.54. The smallest absolute Gasteiger partial charge is 0.408 e. The molecule has 196 valence electrons. The van der Waals surface area contributed by atoms with Gasteiger partial charge in [0.25, 0.3) is 0 Å². The maximum atomic E-state index is 13.8. The summed E-state index contributed by atoms with van der Waals surface area (Å²) >= 11 is 0. The number of ether oxygens (including phenoxy) is 2. The second-order valence-corrected chi connectivity index (χ2v) is 10.3. The minimum atomic E-state index is -1.37. The first-order chi connectivity index (χ1) is 16.0. The van der Waals surface area contributed by atoms with Gasteiger partial charge in [0.05, 0.1) is 13.7 Å². The maximum Gasteiger partial charge on any atom is 0.408 e. The number of carbonyl (C=O) groups is 4. The van der Waals surface area contributed by atoms with Gasteiger partial charge in [0, 0.05) is 5.54 Å². The number of aliphatic hydroxyl groups excluding tert-OH is 1. The number of rotatable bonds is 8. The Morgan fingerprint density at radius 2 is 1.57 bits per heavy atom. The summed E-state index contributed by atoms with van der Waals surface area (Å²) in [5.74, 6) is -1.94. The van der Waals surface area contributed by atoms with Gasteiger partial charge < -0.3 is 30.1 Å². The molecule has 35 heavy (non-hydrogen) atoms. The number of nitrogens with one attached hydrogen (secondary N) is 2. The van der Waals surface area contributed by atoms with Gasteiger partial charge in [0.1, 0.15) is 24.2 Å². The molecule has 0 fully saturated rings. The number of esters is 1. The van der Waals surface area contributed by atoms with Crippen LogP contribution in [0.25, 0.3) is 0 Å². The van der Waals surface area contributed by atoms with Crippen molar-refractivity contribution in [3.05, 3.63) is 34.9 Å². The van der Waals surface area contributed by atoms with Gasteiger partial charge in [0.15, 0.2) is 0 Å². The number of nitrogens with zero attached hydrogens (tertiary/aromatic N) is 1. The van der Waals surface area contributed by atoms with Crippen molar-refractivity contribution in [1.82, 2.24) is 15.5 Å². The zero-order chi connectivity index (χ0) is 27.1. The summed E-state index contributed by atoms with van der Waals surface area (Å²) in [6.07, 6.45) is -0.877. The molecular formula is C25H39N3O7. The molecule has 3 amide bonds. The van der Waals surface area contributed by atoms with Crippen molar-refractivity contribution in [2.24, 2.45) is 0 Å². The minimum Gasteiger partial charge on any atom is -0.468 e. The summed E-state index contributed by atoms with van der Waals surface area (Å²) in [6, 6.07) is 2.93. The Balaban J connectivity index is 3.56. The van der Waals surface area contributed by atoms with E-state index in [2.05, 4.69) is 15.4 Å². The van der Waals surface area contributed by atoms with Crippen LogP contribution in [0, 0.1) is 13.8 Å². The van der Waals surface area contributed by atoms with Gasteiger partial charge in [0.2, 0.25) is 11.8 Å². The van der Waals surface area contributed by atoms with Gasteiger partial charge in [-0.25, -0.2) is 4.79 Å². The number of amides is 3. The quantitative estimate of drug-likeness (QED) is 0.472. The molecule has 2 unspecified atom stereocenters. The molecular weight excluding hydrogens is 454 g/mol. The van der Waals surface area contributed by atoms with Crippen LogP contribution in [0.1, 0.15) is 64.3 Å². The molecule has 0 aromatic heterocycles. The molecule has 10 nitrogen and oxygen atoms in total. The van der Waals surface area contributed by atoms with E-state index in [1.165, 1.54) is 12.0 Å². The second kappa shape index (κ2) is 12.0. The van der Waals surface area contributed by atoms with Crippen molar-refractivity contribution in [3.63, 3.8) is 0 Å². The van der Waals surface area contributed by atoms with Gasteiger partial charge in [-0.3, -0.25) is 14.4 Å². The van der Waals surface area contributed by atoms with Crippen molar-refractivity contribution < 1.29 is 33.8 Å². The Hall–Kier alpha value is -3.14. The standard InChI is InChI=1S/C25H39N3O7/c1-15-11-10-12-16(2)19(15)20(21(31)26-13-18(30)34-9)28(24(3,4)5)22(32)17(14-29)27-23(33)35-25(6,7)8/h10-12,17,20,29H,13-14H2,1-9H3,(H,26,31)(H,27,33). The van der Waals surface area contributed by atoms with Crippen molar-refractivity contribution >= 4 is 23.9 Å². The fourth-order valence-electron chi connectivity index (χ4n) is 3.61. The fraction of sp³-hybridized carbons (Fsp3) is 0.600. The van der Waals surface area contributed by atoms with E-state index >= 15 is 0 Å². The molecule has 0 aliphatic carbocycles. The first kappa shape index (κ1) is 29.9. The molecule has 1 aromatic rings. The van der Waals surface area contributed by atoms with Crippen LogP contribution in [-0.4, -0.2) is 71.3 Å². The van der Waals surface area contributed by atoms with Crippen LogP contribution in [0.3, 0.4) is 0 Å². The molecule has 0 saturated heterocycles. The molecule has 0 heterocycles. The zero-order valence-electron chi connectivity index (χ0n) is 22.1. The van der Waals surface area contributed by atoms with Crippen molar-refractivity contribution in [3.8, 4) is 0 Å². The maximum absolute atomic E-state index is 13.8. The van der Waals surface area contributed by atoms with Crippen LogP contribution in [-0.2, 0) is 23.9 Å². The van der Waals surface area contributed by atoms with Crippen LogP contribution in [0.4, 0.5) is 4.79 Å². The highest BCUT2D eigenvalue weighted by Gasteiger charge is 2.42. The van der Waals surface area contributed by atoms with Crippen molar-refractivity contribution in [2.45, 2.75) is 78.6 Å². The monoisotopic (exact) mass is 493 g/mol. The van der Waals surface area contributed by atoms with E-state index in [1.54, 1.807) is 41.5 Å². The molecule has 0 saturated carbocycles. The van der Waals surface area contributed by atoms with Gasteiger partial charge >= 0.3 is 12.1 Å². The number of aryl methyl sites for hydroxylation is 2. The van der Waals surface area contributed by atoms with E-state index in [-0.39, 0.29) is 6.54 Å². The van der Waals surface area contributed by atoms with E-state index in [1.807, 2.05) is 32.0 Å². The topological polar surface area (TPSA) is 134 Å². The van der Waals surface area contributed by atoms with Crippen LogP contribution in [0.2, 0.25) is 0 Å². The summed E-state index contributed by atoms with van der Waals surface area (Å²) in [6.45, 7) is 12.8. The Morgan fingerprint density at radius 3 is 2.00 bits per heavy atom. The molecule has 2 atom stereocenters. The minimum absolute atomic E-state index is 0.386. The molecule has 1 rings (SSSR count). The number of carbonyl (C=O) groups excluding carboxylic acids is 4. The normalized spacial score (nSPS) is 13.3. The Kier molecular flexibility index (Phi) is 10.3. The second-order valence-electron chi connectivity index (χ2n) is 10.3. The summed E-state index contributed by atoms with van der Waals surface area (Å²) in [5, 5.41) is 14.9. The molecule has 0 aliphatic heterocycles. The van der Waals surface area contributed by atoms with Crippen LogP contribution in [0.5, 0.6) is 0 Å². The number of alkyl carbamates (subject to hydrolysis) is 1. The lowest BCUT2D eigenvalue weighted by atomic mass is 9.90. The third-order valence-electron chi connectivity index (χ3n) is 5.09. The molecule has 1 aromatic carbocycles. The Labute approximate surface area is 207 Å². The molecule has 0 radical (unpaired) electrons. The lowest BCUT2D eigenvalue weighted by Crippen LogP contribution is -2.59. The van der Waals surface area contributed by atoms with Gasteiger partial charge in [-0.05, 0) is 72.1 Å². The highest BCUT2D eigenvalue weighted by molar-refractivity contribution is 5.94. The highest BCUT2D eigenvalue weighted by Crippen LogP contribution is 2.33. The van der Waals surface area contributed by atoms with Gasteiger partial charge in [-0.2, -0.15) is 0 Å². The molecule has 10 heteroatoms.